The molecule has 0 atom stereocenters. The first-order chi connectivity index (χ1) is 8.72. The first-order valence-corrected chi connectivity index (χ1v) is 5.76. The predicted molar refractivity (Wildman–Crippen MR) is 90.3 cm³/mol. The Morgan fingerprint density at radius 2 is 1.89 bits per heavy atom. The molecule has 0 aliphatic rings. The zero-order valence-electron chi connectivity index (χ0n) is 11.0. The number of nitrogens with two attached hydrogens (primary N) is 1. The van der Waals surface area contributed by atoms with Gasteiger partial charge in [-0.05, 0) is 34.5 Å². The Labute approximate surface area is 130 Å². The number of aliphatic imine (C=N–C) groups is 1. The lowest BCUT2D eigenvalue weighted by Gasteiger charge is -2.07. The number of benzene rings is 2. The Morgan fingerprint density at radius 3 is 2.58 bits per heavy atom. The SMILES string of the molecule is CN=C(N)NCc1ccc2cc(OC)ccc2c1.I. The maximum Gasteiger partial charge on any atom is 0.188 e. The largest absolute Gasteiger partial charge is 0.497 e. The smallest absolute Gasteiger partial charge is 0.188 e. The minimum atomic E-state index is 0. The zero-order chi connectivity index (χ0) is 13.0. The van der Waals surface area contributed by atoms with Gasteiger partial charge in [-0.2, -0.15) is 0 Å². The summed E-state index contributed by atoms with van der Waals surface area (Å²) in [5, 5.41) is 5.38. The molecule has 0 bridgehead atoms. The summed E-state index contributed by atoms with van der Waals surface area (Å²) in [5.74, 6) is 1.32. The van der Waals surface area contributed by atoms with Crippen LogP contribution in [0.3, 0.4) is 0 Å². The molecule has 0 heterocycles. The first-order valence-electron chi connectivity index (χ1n) is 5.76. The Bertz CT molecular complexity index is 584. The highest BCUT2D eigenvalue weighted by Crippen LogP contribution is 2.21. The summed E-state index contributed by atoms with van der Waals surface area (Å²) in [6, 6.07) is 12.3. The third kappa shape index (κ3) is 3.99. The van der Waals surface area contributed by atoms with E-state index in [4.69, 9.17) is 10.5 Å². The van der Waals surface area contributed by atoms with Crippen LogP contribution in [0.5, 0.6) is 5.75 Å². The van der Waals surface area contributed by atoms with Gasteiger partial charge in [0.05, 0.1) is 7.11 Å². The predicted octanol–water partition coefficient (Wildman–Crippen LogP) is 2.50. The molecule has 2 aromatic rings. The van der Waals surface area contributed by atoms with Crippen LogP contribution in [0.15, 0.2) is 41.4 Å². The van der Waals surface area contributed by atoms with Gasteiger partial charge in [-0.3, -0.25) is 4.99 Å². The third-order valence-electron chi connectivity index (χ3n) is 2.83. The third-order valence-corrected chi connectivity index (χ3v) is 2.83. The molecule has 0 aliphatic carbocycles. The van der Waals surface area contributed by atoms with E-state index in [1.807, 2.05) is 12.1 Å². The molecule has 2 rings (SSSR count). The van der Waals surface area contributed by atoms with E-state index in [0.29, 0.717) is 12.5 Å². The second kappa shape index (κ2) is 7.18. The van der Waals surface area contributed by atoms with E-state index in [9.17, 15) is 0 Å². The number of methoxy groups -OCH3 is 1. The molecular weight excluding hydrogens is 353 g/mol. The summed E-state index contributed by atoms with van der Waals surface area (Å²) in [4.78, 5) is 3.86. The molecule has 3 N–H and O–H groups in total. The normalized spacial score (nSPS) is 10.9. The molecule has 102 valence electrons. The van der Waals surface area contributed by atoms with Crippen molar-refractivity contribution in [2.24, 2.45) is 10.7 Å². The first kappa shape index (κ1) is 15.6. The second-order valence-corrected chi connectivity index (χ2v) is 4.01. The molecule has 0 aliphatic heterocycles. The van der Waals surface area contributed by atoms with Crippen LogP contribution < -0.4 is 15.8 Å². The molecule has 2 aromatic carbocycles. The van der Waals surface area contributed by atoms with Crippen LogP contribution >= 0.6 is 24.0 Å². The lowest BCUT2D eigenvalue weighted by molar-refractivity contribution is 0.415. The molecular formula is C14H18IN3O. The summed E-state index contributed by atoms with van der Waals surface area (Å²) in [6.07, 6.45) is 0. The van der Waals surface area contributed by atoms with Gasteiger partial charge >= 0.3 is 0 Å². The second-order valence-electron chi connectivity index (χ2n) is 4.01. The summed E-state index contributed by atoms with van der Waals surface area (Å²) in [5.41, 5.74) is 6.76. The Hall–Kier alpha value is -1.50. The molecule has 0 fully saturated rings. The van der Waals surface area contributed by atoms with Gasteiger partial charge in [0.25, 0.3) is 0 Å². The summed E-state index contributed by atoms with van der Waals surface area (Å²) < 4.78 is 5.20. The number of rotatable bonds is 3. The minimum Gasteiger partial charge on any atom is -0.497 e. The fourth-order valence-electron chi connectivity index (χ4n) is 1.78. The minimum absolute atomic E-state index is 0. The van der Waals surface area contributed by atoms with Crippen LogP contribution in [0.25, 0.3) is 10.8 Å². The van der Waals surface area contributed by atoms with Crippen molar-refractivity contribution in [2.75, 3.05) is 14.2 Å². The number of halogens is 1. The zero-order valence-corrected chi connectivity index (χ0v) is 13.3. The van der Waals surface area contributed by atoms with Crippen LogP contribution in [-0.4, -0.2) is 20.1 Å². The van der Waals surface area contributed by atoms with Crippen molar-refractivity contribution in [3.8, 4) is 5.75 Å². The quantitative estimate of drug-likeness (QED) is 0.495. The molecule has 19 heavy (non-hydrogen) atoms. The van der Waals surface area contributed by atoms with Crippen molar-refractivity contribution in [1.82, 2.24) is 5.32 Å². The van der Waals surface area contributed by atoms with E-state index >= 15 is 0 Å². The molecule has 0 radical (unpaired) electrons. The average molecular weight is 371 g/mol. The van der Waals surface area contributed by atoms with Crippen LogP contribution in [0.4, 0.5) is 0 Å². The highest BCUT2D eigenvalue weighted by molar-refractivity contribution is 14.0. The van der Waals surface area contributed by atoms with Crippen molar-refractivity contribution >= 4 is 40.7 Å². The Kier molecular flexibility index (Phi) is 5.88. The van der Waals surface area contributed by atoms with E-state index in [2.05, 4.69) is 34.6 Å². The van der Waals surface area contributed by atoms with Crippen molar-refractivity contribution in [3.05, 3.63) is 42.0 Å². The van der Waals surface area contributed by atoms with E-state index < -0.39 is 0 Å². The van der Waals surface area contributed by atoms with Gasteiger partial charge in [-0.25, -0.2) is 0 Å². The monoisotopic (exact) mass is 371 g/mol. The van der Waals surface area contributed by atoms with Gasteiger partial charge in [0.2, 0.25) is 0 Å². The topological polar surface area (TPSA) is 59.6 Å². The van der Waals surface area contributed by atoms with Crippen LogP contribution in [0, 0.1) is 0 Å². The van der Waals surface area contributed by atoms with Crippen LogP contribution in [0.1, 0.15) is 5.56 Å². The highest BCUT2D eigenvalue weighted by atomic mass is 127. The van der Waals surface area contributed by atoms with Gasteiger partial charge in [0, 0.05) is 13.6 Å². The van der Waals surface area contributed by atoms with Gasteiger partial charge < -0.3 is 15.8 Å². The lowest BCUT2D eigenvalue weighted by atomic mass is 10.1. The number of guanidine groups is 1. The van der Waals surface area contributed by atoms with Gasteiger partial charge in [0.15, 0.2) is 5.96 Å². The van der Waals surface area contributed by atoms with Crippen LogP contribution in [-0.2, 0) is 6.54 Å². The summed E-state index contributed by atoms with van der Waals surface area (Å²) >= 11 is 0. The van der Waals surface area contributed by atoms with Gasteiger partial charge in [-0.1, -0.05) is 18.2 Å². The lowest BCUT2D eigenvalue weighted by Crippen LogP contribution is -2.30. The molecule has 0 unspecified atom stereocenters. The summed E-state index contributed by atoms with van der Waals surface area (Å²) in [7, 11) is 3.33. The fourth-order valence-corrected chi connectivity index (χ4v) is 1.78. The molecule has 0 saturated carbocycles. The Morgan fingerprint density at radius 1 is 1.21 bits per heavy atom. The number of hydrogen-bond acceptors (Lipinski definition) is 2. The highest BCUT2D eigenvalue weighted by Gasteiger charge is 1.99. The standard InChI is InChI=1S/C14H17N3O.HI/c1-16-14(15)17-9-10-3-4-12-8-13(18-2)6-5-11(12)7-10;/h3-8H,9H2,1-2H3,(H3,15,16,17);1H. The maximum atomic E-state index is 5.59. The Balaban J connectivity index is 0.00000180. The number of nitrogens with zero attached hydrogens (tertiary/aromatic N) is 1. The molecule has 0 aromatic heterocycles. The molecule has 0 spiro atoms. The van der Waals surface area contributed by atoms with Gasteiger partial charge in [0.1, 0.15) is 5.75 Å². The molecule has 0 amide bonds. The number of hydrogen-bond donors (Lipinski definition) is 2. The molecule has 4 nitrogen and oxygen atoms in total. The van der Waals surface area contributed by atoms with E-state index in [1.54, 1.807) is 14.2 Å². The van der Waals surface area contributed by atoms with Crippen molar-refractivity contribution in [1.29, 1.82) is 0 Å². The number of ether oxygens (including phenoxy) is 1. The van der Waals surface area contributed by atoms with Crippen LogP contribution in [0.2, 0.25) is 0 Å². The van der Waals surface area contributed by atoms with E-state index in [-0.39, 0.29) is 24.0 Å². The number of nitrogens with one attached hydrogen (secondary N) is 1. The van der Waals surface area contributed by atoms with E-state index in [1.165, 1.54) is 10.9 Å². The fraction of sp³-hybridized carbons (Fsp3) is 0.214. The average Bonchev–Trinajstić information content (AvgIpc) is 2.43. The van der Waals surface area contributed by atoms with E-state index in [0.717, 1.165) is 11.1 Å². The number of fused-ring (bicyclic) bond motifs is 1. The van der Waals surface area contributed by atoms with Crippen molar-refractivity contribution < 1.29 is 4.74 Å². The molecule has 0 saturated heterocycles. The molecule has 5 heteroatoms. The summed E-state index contributed by atoms with van der Waals surface area (Å²) in [6.45, 7) is 0.672. The van der Waals surface area contributed by atoms with Crippen molar-refractivity contribution in [2.45, 2.75) is 6.54 Å². The maximum absolute atomic E-state index is 5.59. The van der Waals surface area contributed by atoms with Crippen molar-refractivity contribution in [3.63, 3.8) is 0 Å². The van der Waals surface area contributed by atoms with Gasteiger partial charge in [-0.15, -0.1) is 24.0 Å².